The summed E-state index contributed by atoms with van der Waals surface area (Å²) in [5.41, 5.74) is 0.816. The number of carbonyl (C=O) groups is 1. The molecule has 0 saturated carbocycles. The summed E-state index contributed by atoms with van der Waals surface area (Å²) in [5.74, 6) is 0.378. The predicted octanol–water partition coefficient (Wildman–Crippen LogP) is 3.63. The molecule has 0 fully saturated rings. The molecule has 3 rings (SSSR count). The maximum absolute atomic E-state index is 12.8. The number of rotatable bonds is 4. The van der Waals surface area contributed by atoms with Crippen LogP contribution in [0.3, 0.4) is 0 Å². The molecule has 2 aromatic carbocycles. The van der Waals surface area contributed by atoms with Gasteiger partial charge in [0.15, 0.2) is 0 Å². The fraction of sp³-hybridized carbons (Fsp3) is 0.200. The molecule has 1 unspecified atom stereocenters. The van der Waals surface area contributed by atoms with Crippen molar-refractivity contribution in [2.24, 2.45) is 0 Å². The predicted molar refractivity (Wildman–Crippen MR) is 96.0 cm³/mol. The van der Waals surface area contributed by atoms with E-state index in [4.69, 9.17) is 9.15 Å². The first-order valence-electron chi connectivity index (χ1n) is 7.95. The Bertz CT molecular complexity index is 959. The van der Waals surface area contributed by atoms with Crippen molar-refractivity contribution in [3.63, 3.8) is 0 Å². The number of benzene rings is 2. The molecular weight excluding hydrogens is 318 g/mol. The number of carbonyl (C=O) groups excluding carboxylic acids is 1. The van der Waals surface area contributed by atoms with Crippen molar-refractivity contribution in [2.75, 3.05) is 14.2 Å². The summed E-state index contributed by atoms with van der Waals surface area (Å²) in [6.45, 7) is 1.91. The minimum Gasteiger partial charge on any atom is -0.497 e. The van der Waals surface area contributed by atoms with Crippen molar-refractivity contribution in [3.8, 4) is 5.75 Å². The molecule has 128 valence electrons. The molecule has 5 nitrogen and oxygen atoms in total. The Balaban J connectivity index is 1.91. The lowest BCUT2D eigenvalue weighted by molar-refractivity contribution is 0.0738. The zero-order chi connectivity index (χ0) is 18.0. The van der Waals surface area contributed by atoms with E-state index in [1.54, 1.807) is 32.4 Å². The van der Waals surface area contributed by atoms with E-state index in [-0.39, 0.29) is 17.5 Å². The van der Waals surface area contributed by atoms with Crippen LogP contribution >= 0.6 is 0 Å². The first kappa shape index (κ1) is 16.8. The van der Waals surface area contributed by atoms with E-state index in [9.17, 15) is 9.59 Å². The molecule has 0 aliphatic carbocycles. The second-order valence-corrected chi connectivity index (χ2v) is 5.85. The van der Waals surface area contributed by atoms with Crippen LogP contribution in [0.15, 0.2) is 63.8 Å². The van der Waals surface area contributed by atoms with Gasteiger partial charge in [0.25, 0.3) is 5.91 Å². The number of para-hydroxylation sites is 1. The largest absolute Gasteiger partial charge is 0.497 e. The minimum absolute atomic E-state index is 0.0292. The van der Waals surface area contributed by atoms with E-state index in [1.807, 2.05) is 43.3 Å². The maximum Gasteiger partial charge on any atom is 0.349 e. The molecule has 0 spiro atoms. The van der Waals surface area contributed by atoms with Gasteiger partial charge in [0, 0.05) is 12.4 Å². The van der Waals surface area contributed by atoms with Crippen LogP contribution in [-0.2, 0) is 0 Å². The van der Waals surface area contributed by atoms with E-state index in [0.717, 1.165) is 16.7 Å². The van der Waals surface area contributed by atoms with Crippen LogP contribution in [0.5, 0.6) is 5.75 Å². The van der Waals surface area contributed by atoms with Crippen LogP contribution < -0.4 is 10.4 Å². The molecule has 0 radical (unpaired) electrons. The van der Waals surface area contributed by atoms with E-state index in [2.05, 4.69) is 0 Å². The Morgan fingerprint density at radius 3 is 2.48 bits per heavy atom. The molecule has 0 saturated heterocycles. The molecular formula is C20H19NO4. The average molecular weight is 337 g/mol. The zero-order valence-corrected chi connectivity index (χ0v) is 14.4. The highest BCUT2D eigenvalue weighted by molar-refractivity contribution is 5.96. The third-order valence-electron chi connectivity index (χ3n) is 4.37. The van der Waals surface area contributed by atoms with Crippen molar-refractivity contribution in [2.45, 2.75) is 13.0 Å². The smallest absolute Gasteiger partial charge is 0.349 e. The van der Waals surface area contributed by atoms with Gasteiger partial charge in [-0.2, -0.15) is 0 Å². The Morgan fingerprint density at radius 1 is 1.12 bits per heavy atom. The van der Waals surface area contributed by atoms with Crippen LogP contribution in [0.25, 0.3) is 11.0 Å². The van der Waals surface area contributed by atoms with Crippen LogP contribution in [-0.4, -0.2) is 25.0 Å². The number of methoxy groups -OCH3 is 1. The summed E-state index contributed by atoms with van der Waals surface area (Å²) in [5, 5.41) is 0.718. The van der Waals surface area contributed by atoms with Crippen LogP contribution in [0.4, 0.5) is 0 Å². The van der Waals surface area contributed by atoms with Gasteiger partial charge in [-0.25, -0.2) is 4.79 Å². The Kier molecular flexibility index (Phi) is 4.57. The summed E-state index contributed by atoms with van der Waals surface area (Å²) < 4.78 is 10.4. The van der Waals surface area contributed by atoms with Crippen molar-refractivity contribution in [3.05, 3.63) is 76.1 Å². The van der Waals surface area contributed by atoms with Crippen molar-refractivity contribution in [1.82, 2.24) is 4.90 Å². The molecule has 1 amide bonds. The summed E-state index contributed by atoms with van der Waals surface area (Å²) in [7, 11) is 3.28. The second-order valence-electron chi connectivity index (χ2n) is 5.85. The maximum atomic E-state index is 12.8. The Morgan fingerprint density at radius 2 is 1.80 bits per heavy atom. The normalized spacial score (nSPS) is 12.0. The third-order valence-corrected chi connectivity index (χ3v) is 4.37. The van der Waals surface area contributed by atoms with Gasteiger partial charge in [0.1, 0.15) is 16.9 Å². The summed E-state index contributed by atoms with van der Waals surface area (Å²) in [6.07, 6.45) is 0. The highest BCUT2D eigenvalue weighted by atomic mass is 16.5. The van der Waals surface area contributed by atoms with Crippen molar-refractivity contribution in [1.29, 1.82) is 0 Å². The number of fused-ring (bicyclic) bond motifs is 1. The van der Waals surface area contributed by atoms with E-state index in [0.29, 0.717) is 5.58 Å². The van der Waals surface area contributed by atoms with Gasteiger partial charge < -0.3 is 14.1 Å². The van der Waals surface area contributed by atoms with Gasteiger partial charge in [0.2, 0.25) is 0 Å². The van der Waals surface area contributed by atoms with Crippen molar-refractivity contribution >= 4 is 16.9 Å². The molecule has 5 heteroatoms. The number of ether oxygens (including phenoxy) is 1. The number of nitrogens with zero attached hydrogens (tertiary/aromatic N) is 1. The lowest BCUT2D eigenvalue weighted by Crippen LogP contribution is -2.32. The number of hydrogen-bond donors (Lipinski definition) is 0. The zero-order valence-electron chi connectivity index (χ0n) is 14.4. The molecule has 1 aromatic heterocycles. The van der Waals surface area contributed by atoms with Crippen LogP contribution in [0, 0.1) is 0 Å². The van der Waals surface area contributed by atoms with Gasteiger partial charge in [-0.3, -0.25) is 4.79 Å². The third kappa shape index (κ3) is 3.26. The van der Waals surface area contributed by atoms with Crippen molar-refractivity contribution < 1.29 is 13.9 Å². The molecule has 1 atom stereocenters. The molecule has 25 heavy (non-hydrogen) atoms. The Labute approximate surface area is 145 Å². The topological polar surface area (TPSA) is 59.8 Å². The molecule has 0 bridgehead atoms. The van der Waals surface area contributed by atoms with Crippen LogP contribution in [0.1, 0.15) is 28.9 Å². The van der Waals surface area contributed by atoms with E-state index < -0.39 is 5.63 Å². The summed E-state index contributed by atoms with van der Waals surface area (Å²) in [4.78, 5) is 26.5. The quantitative estimate of drug-likeness (QED) is 0.682. The van der Waals surface area contributed by atoms with Crippen LogP contribution in [0.2, 0.25) is 0 Å². The lowest BCUT2D eigenvalue weighted by atomic mass is 10.1. The summed E-state index contributed by atoms with van der Waals surface area (Å²) in [6, 6.07) is 16.0. The van der Waals surface area contributed by atoms with Gasteiger partial charge in [-0.1, -0.05) is 30.3 Å². The fourth-order valence-electron chi connectivity index (χ4n) is 2.68. The van der Waals surface area contributed by atoms with E-state index >= 15 is 0 Å². The first-order valence-corrected chi connectivity index (χ1v) is 7.95. The lowest BCUT2D eigenvalue weighted by Gasteiger charge is -2.25. The minimum atomic E-state index is -0.627. The number of amides is 1. The van der Waals surface area contributed by atoms with Gasteiger partial charge in [-0.15, -0.1) is 0 Å². The molecule has 0 aliphatic heterocycles. The highest BCUT2D eigenvalue weighted by Crippen LogP contribution is 2.23. The molecule has 0 aliphatic rings. The first-order chi connectivity index (χ1) is 12.0. The van der Waals surface area contributed by atoms with E-state index in [1.165, 1.54) is 4.90 Å². The molecule has 3 aromatic rings. The number of hydrogen-bond acceptors (Lipinski definition) is 4. The highest BCUT2D eigenvalue weighted by Gasteiger charge is 2.22. The monoisotopic (exact) mass is 337 g/mol. The molecule has 1 heterocycles. The SMILES string of the molecule is COc1ccc(C(C)N(C)C(=O)c2cc3ccccc3oc2=O)cc1. The van der Waals surface area contributed by atoms with Gasteiger partial charge in [0.05, 0.1) is 13.2 Å². The standard InChI is InChI=1S/C20H19NO4/c1-13(14-8-10-16(24-3)11-9-14)21(2)19(22)17-12-15-6-4-5-7-18(15)25-20(17)23/h4-13H,1-3H3. The summed E-state index contributed by atoms with van der Waals surface area (Å²) >= 11 is 0. The van der Waals surface area contributed by atoms with Gasteiger partial charge in [-0.05, 0) is 36.8 Å². The Hall–Kier alpha value is -3.08. The second kappa shape index (κ2) is 6.81. The molecule has 0 N–H and O–H groups in total. The van der Waals surface area contributed by atoms with Gasteiger partial charge >= 0.3 is 5.63 Å². The average Bonchev–Trinajstić information content (AvgIpc) is 2.65. The fourth-order valence-corrected chi connectivity index (χ4v) is 2.68.